The van der Waals surface area contributed by atoms with Crippen molar-refractivity contribution >= 4 is 23.9 Å². The van der Waals surface area contributed by atoms with Crippen LogP contribution in [0.25, 0.3) is 11.1 Å². The number of likely N-dealkylation sites (tertiary alicyclic amines) is 1. The molecule has 0 bridgehead atoms. The van der Waals surface area contributed by atoms with E-state index in [1.54, 1.807) is 32.7 Å². The van der Waals surface area contributed by atoms with Gasteiger partial charge in [0.15, 0.2) is 0 Å². The molecule has 0 aromatic heterocycles. The fourth-order valence-electron chi connectivity index (χ4n) is 6.35. The molecule has 1 saturated heterocycles. The van der Waals surface area contributed by atoms with E-state index >= 15 is 0 Å². The molecule has 244 valence electrons. The molecule has 0 spiro atoms. The van der Waals surface area contributed by atoms with Gasteiger partial charge < -0.3 is 19.7 Å². The summed E-state index contributed by atoms with van der Waals surface area (Å²) < 4.78 is 11.4. The Balaban J connectivity index is 1.46. The quantitative estimate of drug-likeness (QED) is 0.314. The number of nitrogens with zero attached hydrogens (tertiary/aromatic N) is 2. The molecule has 1 heterocycles. The lowest BCUT2D eigenvalue weighted by molar-refractivity contribution is -0.163. The fraction of sp³-hybridized carbons (Fsp3) is 0.556. The number of hydrogen-bond donors (Lipinski definition) is 1. The molecule has 4 rings (SSSR count). The molecule has 1 fully saturated rings. The SMILES string of the molecule is CCC[C@@H](C(=O)N[C@H](C(=O)N1CCC[C@H]1C(=O)OC(C)(C)C)[C@@H](C)CC)N(C)C(=O)OCC1c2ccccc2-c2ccccc21. The summed E-state index contributed by atoms with van der Waals surface area (Å²) in [6.07, 6.45) is 2.29. The summed E-state index contributed by atoms with van der Waals surface area (Å²) in [5.74, 6) is -1.44. The zero-order valence-electron chi connectivity index (χ0n) is 27.8. The topological polar surface area (TPSA) is 105 Å². The Bertz CT molecular complexity index is 1340. The minimum atomic E-state index is -0.846. The molecule has 2 aromatic rings. The van der Waals surface area contributed by atoms with Gasteiger partial charge in [0, 0.05) is 19.5 Å². The van der Waals surface area contributed by atoms with E-state index in [2.05, 4.69) is 29.6 Å². The number of carbonyl (C=O) groups is 4. The van der Waals surface area contributed by atoms with Gasteiger partial charge >= 0.3 is 12.1 Å². The second kappa shape index (κ2) is 14.5. The van der Waals surface area contributed by atoms with Gasteiger partial charge in [-0.05, 0) is 68.2 Å². The Morgan fingerprint density at radius 2 is 1.60 bits per heavy atom. The third-order valence-corrected chi connectivity index (χ3v) is 8.95. The zero-order chi connectivity index (χ0) is 32.9. The third kappa shape index (κ3) is 7.68. The molecule has 3 amide bonds. The summed E-state index contributed by atoms with van der Waals surface area (Å²) in [5.41, 5.74) is 3.82. The number of carbonyl (C=O) groups excluding carboxylic acids is 4. The van der Waals surface area contributed by atoms with Crippen molar-refractivity contribution in [2.75, 3.05) is 20.2 Å². The van der Waals surface area contributed by atoms with E-state index in [0.717, 1.165) is 22.3 Å². The Morgan fingerprint density at radius 3 is 2.16 bits per heavy atom. The van der Waals surface area contributed by atoms with Gasteiger partial charge in [0.25, 0.3) is 0 Å². The average molecular weight is 620 g/mol. The van der Waals surface area contributed by atoms with Crippen LogP contribution in [-0.4, -0.2) is 77.6 Å². The largest absolute Gasteiger partial charge is 0.458 e. The molecule has 0 unspecified atom stereocenters. The summed E-state index contributed by atoms with van der Waals surface area (Å²) >= 11 is 0. The maximum Gasteiger partial charge on any atom is 0.410 e. The molecular weight excluding hydrogens is 570 g/mol. The highest BCUT2D eigenvalue weighted by atomic mass is 16.6. The first-order valence-corrected chi connectivity index (χ1v) is 16.3. The maximum atomic E-state index is 13.9. The van der Waals surface area contributed by atoms with Gasteiger partial charge in [0.1, 0.15) is 30.3 Å². The Labute approximate surface area is 267 Å². The predicted octanol–water partition coefficient (Wildman–Crippen LogP) is 5.90. The third-order valence-electron chi connectivity index (χ3n) is 8.95. The van der Waals surface area contributed by atoms with E-state index in [1.165, 1.54) is 4.90 Å². The van der Waals surface area contributed by atoms with Crippen LogP contribution in [-0.2, 0) is 23.9 Å². The molecule has 2 aliphatic rings. The van der Waals surface area contributed by atoms with Crippen molar-refractivity contribution < 1.29 is 28.7 Å². The summed E-state index contributed by atoms with van der Waals surface area (Å²) in [4.78, 5) is 56.9. The van der Waals surface area contributed by atoms with Crippen LogP contribution in [0.4, 0.5) is 4.79 Å². The molecule has 9 heteroatoms. The highest BCUT2D eigenvalue weighted by Gasteiger charge is 2.42. The lowest BCUT2D eigenvalue weighted by Gasteiger charge is -2.34. The first-order valence-electron chi connectivity index (χ1n) is 16.3. The molecule has 4 atom stereocenters. The van der Waals surface area contributed by atoms with Crippen molar-refractivity contribution in [2.45, 2.75) is 103 Å². The maximum absolute atomic E-state index is 13.9. The molecule has 45 heavy (non-hydrogen) atoms. The molecule has 1 aliphatic heterocycles. The summed E-state index contributed by atoms with van der Waals surface area (Å²) in [6, 6.07) is 13.9. The smallest absolute Gasteiger partial charge is 0.410 e. The molecule has 9 nitrogen and oxygen atoms in total. The lowest BCUT2D eigenvalue weighted by atomic mass is 9.96. The number of esters is 1. The van der Waals surface area contributed by atoms with Crippen LogP contribution in [0.5, 0.6) is 0 Å². The first kappa shape index (κ1) is 34.0. The van der Waals surface area contributed by atoms with Crippen LogP contribution in [0.1, 0.15) is 90.7 Å². The highest BCUT2D eigenvalue weighted by molar-refractivity contribution is 5.93. The number of amides is 3. The van der Waals surface area contributed by atoms with Crippen LogP contribution < -0.4 is 5.32 Å². The number of nitrogens with one attached hydrogen (secondary N) is 1. The number of likely N-dealkylation sites (N-methyl/N-ethyl adjacent to an activating group) is 1. The number of rotatable bonds is 11. The van der Waals surface area contributed by atoms with Crippen LogP contribution in [0.15, 0.2) is 48.5 Å². The van der Waals surface area contributed by atoms with Crippen LogP contribution in [0.2, 0.25) is 0 Å². The highest BCUT2D eigenvalue weighted by Crippen LogP contribution is 2.44. The molecule has 1 aliphatic carbocycles. The molecule has 1 N–H and O–H groups in total. The molecule has 2 aromatic carbocycles. The lowest BCUT2D eigenvalue weighted by Crippen LogP contribution is -2.58. The van der Waals surface area contributed by atoms with Crippen molar-refractivity contribution in [1.82, 2.24) is 15.1 Å². The fourth-order valence-corrected chi connectivity index (χ4v) is 6.35. The Kier molecular flexibility index (Phi) is 10.9. The van der Waals surface area contributed by atoms with E-state index in [4.69, 9.17) is 9.47 Å². The van der Waals surface area contributed by atoms with Gasteiger partial charge in [-0.3, -0.25) is 14.5 Å². The second-order valence-electron chi connectivity index (χ2n) is 13.3. The van der Waals surface area contributed by atoms with Gasteiger partial charge in [-0.25, -0.2) is 9.59 Å². The van der Waals surface area contributed by atoms with E-state index in [0.29, 0.717) is 38.6 Å². The van der Waals surface area contributed by atoms with E-state index < -0.39 is 41.7 Å². The standard InChI is InChI=1S/C36H49N3O6/c1-8-15-29(38(7)35(43)44-22-28-26-18-12-10-16-24(26)25-17-11-13-19-27(25)28)32(40)37-31(23(3)9-2)33(41)39-21-14-20-30(39)34(42)45-36(4,5)6/h10-13,16-19,23,28-31H,8-9,14-15,20-22H2,1-7H3,(H,37,40)/t23-,29-,30-,31-/m0/s1. The van der Waals surface area contributed by atoms with Crippen molar-refractivity contribution in [1.29, 1.82) is 0 Å². The minimum Gasteiger partial charge on any atom is -0.458 e. The Morgan fingerprint density at radius 1 is 1.00 bits per heavy atom. The molecule has 0 saturated carbocycles. The number of benzene rings is 2. The van der Waals surface area contributed by atoms with E-state index in [-0.39, 0.29) is 24.3 Å². The van der Waals surface area contributed by atoms with Crippen LogP contribution >= 0.6 is 0 Å². The van der Waals surface area contributed by atoms with Gasteiger partial charge in [0.2, 0.25) is 11.8 Å². The second-order valence-corrected chi connectivity index (χ2v) is 13.3. The molecule has 0 radical (unpaired) electrons. The summed E-state index contributed by atoms with van der Waals surface area (Å²) in [7, 11) is 1.57. The van der Waals surface area contributed by atoms with E-state index in [1.807, 2.05) is 45.0 Å². The van der Waals surface area contributed by atoms with Gasteiger partial charge in [-0.1, -0.05) is 82.1 Å². The normalized spacial score (nSPS) is 17.9. The van der Waals surface area contributed by atoms with Crippen LogP contribution in [0.3, 0.4) is 0 Å². The zero-order valence-corrected chi connectivity index (χ0v) is 27.8. The average Bonchev–Trinajstić information content (AvgIpc) is 3.63. The minimum absolute atomic E-state index is 0.0982. The summed E-state index contributed by atoms with van der Waals surface area (Å²) in [5, 5.41) is 2.96. The number of hydrogen-bond acceptors (Lipinski definition) is 6. The first-order chi connectivity index (χ1) is 21.4. The van der Waals surface area contributed by atoms with Gasteiger partial charge in [0.05, 0.1) is 0 Å². The van der Waals surface area contributed by atoms with Gasteiger partial charge in [-0.15, -0.1) is 0 Å². The van der Waals surface area contributed by atoms with Crippen molar-refractivity contribution in [3.8, 4) is 11.1 Å². The van der Waals surface area contributed by atoms with Crippen molar-refractivity contribution in [3.63, 3.8) is 0 Å². The number of fused-ring (bicyclic) bond motifs is 3. The van der Waals surface area contributed by atoms with Gasteiger partial charge in [-0.2, -0.15) is 0 Å². The summed E-state index contributed by atoms with van der Waals surface area (Å²) in [6.45, 7) is 11.8. The monoisotopic (exact) mass is 619 g/mol. The van der Waals surface area contributed by atoms with Crippen molar-refractivity contribution in [3.05, 3.63) is 59.7 Å². The van der Waals surface area contributed by atoms with Crippen LogP contribution in [0, 0.1) is 5.92 Å². The van der Waals surface area contributed by atoms with E-state index in [9.17, 15) is 19.2 Å². The number of ether oxygens (including phenoxy) is 2. The molecular formula is C36H49N3O6. The Hall–Kier alpha value is -3.88. The predicted molar refractivity (Wildman–Crippen MR) is 173 cm³/mol. The van der Waals surface area contributed by atoms with Crippen molar-refractivity contribution in [2.24, 2.45) is 5.92 Å².